The van der Waals surface area contributed by atoms with Gasteiger partial charge in [-0.3, -0.25) is 0 Å². The van der Waals surface area contributed by atoms with E-state index < -0.39 is 0 Å². The maximum absolute atomic E-state index is 6.21. The van der Waals surface area contributed by atoms with Crippen LogP contribution in [0.25, 0.3) is 0 Å². The van der Waals surface area contributed by atoms with Crippen molar-refractivity contribution in [3.63, 3.8) is 0 Å². The largest absolute Gasteiger partial charge is 0.147 e. The standard InChI is InChI=1S/C10H8BrClS2/c1-6-5-14-10(9(6)12)8(11)7-3-2-4-13-7/h2-5,8H,1H3. The molecule has 0 aliphatic heterocycles. The van der Waals surface area contributed by atoms with Crippen LogP contribution in [0, 0.1) is 6.92 Å². The third-order valence-corrected chi connectivity index (χ3v) is 6.22. The van der Waals surface area contributed by atoms with Crippen LogP contribution in [0.3, 0.4) is 0 Å². The number of thiophene rings is 2. The molecule has 0 spiro atoms. The second-order valence-electron chi connectivity index (χ2n) is 2.97. The molecule has 0 amide bonds. The molecule has 0 bridgehead atoms. The highest BCUT2D eigenvalue weighted by Crippen LogP contribution is 2.41. The van der Waals surface area contributed by atoms with Crippen LogP contribution in [0.2, 0.25) is 5.02 Å². The van der Waals surface area contributed by atoms with Gasteiger partial charge in [-0.2, -0.15) is 0 Å². The molecule has 2 aromatic heterocycles. The number of hydrogen-bond acceptors (Lipinski definition) is 2. The molecule has 0 nitrogen and oxygen atoms in total. The molecule has 0 aromatic carbocycles. The number of halogens is 2. The Labute approximate surface area is 105 Å². The predicted octanol–water partition coefficient (Wildman–Crippen LogP) is 5.26. The lowest BCUT2D eigenvalue weighted by molar-refractivity contribution is 1.28. The minimum atomic E-state index is 0.244. The monoisotopic (exact) mass is 306 g/mol. The van der Waals surface area contributed by atoms with Crippen LogP contribution < -0.4 is 0 Å². The second kappa shape index (κ2) is 4.35. The van der Waals surface area contributed by atoms with Gasteiger partial charge in [-0.25, -0.2) is 0 Å². The minimum Gasteiger partial charge on any atom is -0.147 e. The normalized spacial score (nSPS) is 13.1. The van der Waals surface area contributed by atoms with E-state index in [2.05, 4.69) is 38.8 Å². The Morgan fingerprint density at radius 1 is 1.43 bits per heavy atom. The summed E-state index contributed by atoms with van der Waals surface area (Å²) in [6, 6.07) is 4.18. The SMILES string of the molecule is Cc1csc(C(Br)c2cccs2)c1Cl. The first kappa shape index (κ1) is 10.7. The number of hydrogen-bond donors (Lipinski definition) is 0. The lowest BCUT2D eigenvalue weighted by Gasteiger charge is -2.05. The Balaban J connectivity index is 2.36. The van der Waals surface area contributed by atoms with Crippen molar-refractivity contribution in [3.05, 3.63) is 43.2 Å². The molecule has 1 unspecified atom stereocenters. The summed E-state index contributed by atoms with van der Waals surface area (Å²) in [6.07, 6.45) is 0. The molecule has 0 radical (unpaired) electrons. The third kappa shape index (κ3) is 1.91. The van der Waals surface area contributed by atoms with E-state index in [9.17, 15) is 0 Å². The molecule has 14 heavy (non-hydrogen) atoms. The molecule has 4 heteroatoms. The van der Waals surface area contributed by atoms with Gasteiger partial charge in [0, 0.05) is 9.75 Å². The van der Waals surface area contributed by atoms with Crippen molar-refractivity contribution in [2.45, 2.75) is 11.8 Å². The zero-order valence-corrected chi connectivity index (χ0v) is 11.4. The maximum atomic E-state index is 6.21. The van der Waals surface area contributed by atoms with Crippen molar-refractivity contribution in [1.29, 1.82) is 0 Å². The van der Waals surface area contributed by atoms with Gasteiger partial charge in [-0.15, -0.1) is 22.7 Å². The quantitative estimate of drug-likeness (QED) is 0.664. The van der Waals surface area contributed by atoms with E-state index in [4.69, 9.17) is 11.6 Å². The molecule has 2 heterocycles. The fourth-order valence-corrected chi connectivity index (χ4v) is 4.42. The van der Waals surface area contributed by atoms with E-state index in [0.717, 1.165) is 10.6 Å². The summed E-state index contributed by atoms with van der Waals surface area (Å²) in [7, 11) is 0. The molecule has 74 valence electrons. The summed E-state index contributed by atoms with van der Waals surface area (Å²) in [4.78, 5) is 2.74. The Bertz CT molecular complexity index is 419. The Morgan fingerprint density at radius 2 is 2.21 bits per heavy atom. The molecule has 0 saturated heterocycles. The van der Waals surface area contributed by atoms with Crippen molar-refractivity contribution in [2.75, 3.05) is 0 Å². The van der Waals surface area contributed by atoms with E-state index in [-0.39, 0.29) is 4.83 Å². The van der Waals surface area contributed by atoms with Crippen LogP contribution >= 0.6 is 50.2 Å². The molecule has 0 aliphatic rings. The summed E-state index contributed by atoms with van der Waals surface area (Å²) in [5.41, 5.74) is 1.16. The lowest BCUT2D eigenvalue weighted by atomic mass is 10.2. The van der Waals surface area contributed by atoms with Gasteiger partial charge in [0.2, 0.25) is 0 Å². The zero-order valence-electron chi connectivity index (χ0n) is 7.46. The molecule has 0 saturated carbocycles. The summed E-state index contributed by atoms with van der Waals surface area (Å²) in [5, 5.41) is 5.07. The molecule has 2 aromatic rings. The highest BCUT2D eigenvalue weighted by molar-refractivity contribution is 9.09. The molecular formula is C10H8BrClS2. The van der Waals surface area contributed by atoms with Crippen LogP contribution in [-0.2, 0) is 0 Å². The van der Waals surface area contributed by atoms with Gasteiger partial charge >= 0.3 is 0 Å². The van der Waals surface area contributed by atoms with Gasteiger partial charge in [-0.1, -0.05) is 33.6 Å². The molecule has 2 rings (SSSR count). The topological polar surface area (TPSA) is 0 Å². The number of rotatable bonds is 2. The number of aryl methyl sites for hydroxylation is 1. The molecular weight excluding hydrogens is 300 g/mol. The summed E-state index contributed by atoms with van der Waals surface area (Å²) in [5.74, 6) is 0. The Morgan fingerprint density at radius 3 is 2.71 bits per heavy atom. The fraction of sp³-hybridized carbons (Fsp3) is 0.200. The van der Waals surface area contributed by atoms with Crippen LogP contribution in [0.15, 0.2) is 22.9 Å². The average Bonchev–Trinajstić information content (AvgIpc) is 2.77. The lowest BCUT2D eigenvalue weighted by Crippen LogP contribution is -1.85. The fourth-order valence-electron chi connectivity index (χ4n) is 1.19. The Kier molecular flexibility index (Phi) is 3.32. The molecule has 0 fully saturated rings. The van der Waals surface area contributed by atoms with Gasteiger partial charge in [0.15, 0.2) is 0 Å². The van der Waals surface area contributed by atoms with Gasteiger partial charge in [0.05, 0.1) is 9.85 Å². The van der Waals surface area contributed by atoms with E-state index >= 15 is 0 Å². The average molecular weight is 308 g/mol. The first-order valence-corrected chi connectivity index (χ1v) is 7.16. The smallest absolute Gasteiger partial charge is 0.0845 e. The van der Waals surface area contributed by atoms with Crippen LogP contribution in [0.4, 0.5) is 0 Å². The van der Waals surface area contributed by atoms with Crippen molar-refractivity contribution < 1.29 is 0 Å². The van der Waals surface area contributed by atoms with Gasteiger partial charge in [0.1, 0.15) is 0 Å². The van der Waals surface area contributed by atoms with Crippen molar-refractivity contribution >= 4 is 50.2 Å². The van der Waals surface area contributed by atoms with E-state index in [1.807, 2.05) is 6.92 Å². The second-order valence-corrected chi connectivity index (χ2v) is 6.16. The summed E-state index contributed by atoms with van der Waals surface area (Å²) in [6.45, 7) is 2.04. The van der Waals surface area contributed by atoms with Crippen molar-refractivity contribution in [3.8, 4) is 0 Å². The highest BCUT2D eigenvalue weighted by Gasteiger charge is 2.17. The highest BCUT2D eigenvalue weighted by atomic mass is 79.9. The predicted molar refractivity (Wildman–Crippen MR) is 69.2 cm³/mol. The first-order chi connectivity index (χ1) is 6.70. The van der Waals surface area contributed by atoms with Crippen LogP contribution in [0.1, 0.15) is 20.1 Å². The molecule has 0 aliphatic carbocycles. The van der Waals surface area contributed by atoms with Crippen molar-refractivity contribution in [1.82, 2.24) is 0 Å². The van der Waals surface area contributed by atoms with Crippen LogP contribution in [-0.4, -0.2) is 0 Å². The first-order valence-electron chi connectivity index (χ1n) is 4.11. The van der Waals surface area contributed by atoms with Gasteiger partial charge in [0.25, 0.3) is 0 Å². The zero-order chi connectivity index (χ0) is 10.1. The minimum absolute atomic E-state index is 0.244. The van der Waals surface area contributed by atoms with E-state index in [1.54, 1.807) is 22.7 Å². The van der Waals surface area contributed by atoms with Gasteiger partial charge in [-0.05, 0) is 29.3 Å². The van der Waals surface area contributed by atoms with Crippen LogP contribution in [0.5, 0.6) is 0 Å². The van der Waals surface area contributed by atoms with Gasteiger partial charge < -0.3 is 0 Å². The molecule has 0 N–H and O–H groups in total. The third-order valence-electron chi connectivity index (χ3n) is 1.95. The number of alkyl halides is 1. The Hall–Kier alpha value is 0.170. The summed E-state index contributed by atoms with van der Waals surface area (Å²) < 4.78 is 0. The van der Waals surface area contributed by atoms with E-state index in [0.29, 0.717) is 0 Å². The summed E-state index contributed by atoms with van der Waals surface area (Å²) >= 11 is 13.3. The van der Waals surface area contributed by atoms with E-state index in [1.165, 1.54) is 9.75 Å². The maximum Gasteiger partial charge on any atom is 0.0845 e. The van der Waals surface area contributed by atoms with Crippen molar-refractivity contribution in [2.24, 2.45) is 0 Å². The molecule has 1 atom stereocenters.